The van der Waals surface area contributed by atoms with Gasteiger partial charge in [0.05, 0.1) is 22.6 Å². The molecule has 3 rings (SSSR count). The van der Waals surface area contributed by atoms with Crippen LogP contribution in [0.5, 0.6) is 0 Å². The lowest BCUT2D eigenvalue weighted by atomic mass is 10.1. The molecule has 0 aliphatic rings. The van der Waals surface area contributed by atoms with E-state index in [2.05, 4.69) is 0 Å². The lowest BCUT2D eigenvalue weighted by molar-refractivity contribution is 0.0703. The molecule has 0 saturated heterocycles. The van der Waals surface area contributed by atoms with Gasteiger partial charge in [0, 0.05) is 4.88 Å². The van der Waals surface area contributed by atoms with Gasteiger partial charge in [0.2, 0.25) is 0 Å². The monoisotopic (exact) mass is 400 g/mol. The zero-order valence-corrected chi connectivity index (χ0v) is 16.3. The number of nitrogens with zero attached hydrogens (tertiary/aromatic N) is 1. The van der Waals surface area contributed by atoms with E-state index >= 15 is 0 Å². The first-order valence-corrected chi connectivity index (χ1v) is 10.2. The summed E-state index contributed by atoms with van der Waals surface area (Å²) in [6, 6.07) is 18.5. The summed E-state index contributed by atoms with van der Waals surface area (Å²) in [6.45, 7) is 1.79. The minimum absolute atomic E-state index is 0.0190. The molecule has 0 amide bonds. The molecule has 2 aromatic carbocycles. The van der Waals surface area contributed by atoms with Gasteiger partial charge in [-0.25, -0.2) is 4.79 Å². The van der Waals surface area contributed by atoms with Crippen molar-refractivity contribution >= 4 is 39.9 Å². The number of para-hydroxylation sites is 1. The highest BCUT2D eigenvalue weighted by Gasteiger charge is 2.23. The van der Waals surface area contributed by atoms with Gasteiger partial charge in [-0.3, -0.25) is 8.51 Å². The number of hydrogen-bond acceptors (Lipinski definition) is 4. The number of anilines is 2. The molecule has 0 aliphatic heterocycles. The third-order valence-corrected chi connectivity index (χ3v) is 6.03. The quantitative estimate of drug-likeness (QED) is 0.593. The first-order chi connectivity index (χ1) is 13.0. The molecule has 0 radical (unpaired) electrons. The second-order valence-corrected chi connectivity index (χ2v) is 7.95. The summed E-state index contributed by atoms with van der Waals surface area (Å²) < 4.78 is 25.0. The lowest BCUT2D eigenvalue weighted by Gasteiger charge is -2.27. The Hall–Kier alpha value is -2.48. The van der Waals surface area contributed by atoms with Gasteiger partial charge in [0.25, 0.3) is 0 Å². The number of thiophene rings is 1. The van der Waals surface area contributed by atoms with Crippen LogP contribution in [-0.2, 0) is 24.1 Å². The van der Waals surface area contributed by atoms with E-state index in [0.29, 0.717) is 12.1 Å². The largest absolute Gasteiger partial charge is 0.755 e. The molecule has 0 saturated carbocycles. The number of hydrogen-bond donors (Lipinski definition) is 1. The third-order valence-electron chi connectivity index (χ3n) is 4.16. The van der Waals surface area contributed by atoms with E-state index in [0.717, 1.165) is 38.1 Å². The molecule has 140 valence electrons. The van der Waals surface area contributed by atoms with E-state index in [4.69, 9.17) is 0 Å². The number of carboxylic acid groups (broad SMARTS) is 1. The Balaban J connectivity index is 1.97. The molecular weight excluding hydrogens is 382 g/mol. The van der Waals surface area contributed by atoms with E-state index in [1.807, 2.05) is 36.4 Å². The number of rotatable bonds is 7. The first kappa shape index (κ1) is 19.3. The van der Waals surface area contributed by atoms with Crippen LogP contribution in [0.25, 0.3) is 0 Å². The van der Waals surface area contributed by atoms with Crippen LogP contribution in [0.4, 0.5) is 11.4 Å². The highest BCUT2D eigenvalue weighted by Crippen LogP contribution is 2.37. The lowest BCUT2D eigenvalue weighted by Crippen LogP contribution is -2.21. The van der Waals surface area contributed by atoms with Crippen LogP contribution in [-0.4, -0.2) is 19.8 Å². The molecule has 3 aromatic rings. The molecule has 1 heterocycles. The van der Waals surface area contributed by atoms with E-state index in [-0.39, 0.29) is 10.6 Å². The van der Waals surface area contributed by atoms with Gasteiger partial charge in [0.15, 0.2) is 0 Å². The highest BCUT2D eigenvalue weighted by molar-refractivity contribution is 7.81. The van der Waals surface area contributed by atoms with Crippen molar-refractivity contribution in [2.24, 2.45) is 0 Å². The van der Waals surface area contributed by atoms with Crippen molar-refractivity contribution in [1.82, 2.24) is 0 Å². The summed E-state index contributed by atoms with van der Waals surface area (Å²) in [5.74, 6) is -1.13. The van der Waals surface area contributed by atoms with Crippen LogP contribution in [0.15, 0.2) is 60.7 Å². The van der Waals surface area contributed by atoms with Gasteiger partial charge < -0.3 is 9.66 Å². The second kappa shape index (κ2) is 8.47. The summed E-state index contributed by atoms with van der Waals surface area (Å²) in [5.41, 5.74) is 2.52. The average molecular weight is 401 g/mol. The summed E-state index contributed by atoms with van der Waals surface area (Å²) in [4.78, 5) is 12.6. The smallest absolute Gasteiger partial charge is 0.348 e. The van der Waals surface area contributed by atoms with E-state index in [9.17, 15) is 18.7 Å². The van der Waals surface area contributed by atoms with Crippen LogP contribution < -0.4 is 4.31 Å². The molecule has 0 aliphatic carbocycles. The summed E-state index contributed by atoms with van der Waals surface area (Å²) >= 11 is -1.52. The van der Waals surface area contributed by atoms with Crippen LogP contribution in [0.1, 0.15) is 25.7 Å². The van der Waals surface area contributed by atoms with Crippen molar-refractivity contribution in [2.75, 3.05) is 4.31 Å². The topological polar surface area (TPSA) is 80.7 Å². The van der Waals surface area contributed by atoms with Crippen molar-refractivity contribution in [3.63, 3.8) is 0 Å². The highest BCUT2D eigenvalue weighted by atomic mass is 32.2. The van der Waals surface area contributed by atoms with Gasteiger partial charge in [-0.05, 0) is 43.0 Å². The Bertz CT molecular complexity index is 969. The maximum atomic E-state index is 12.0. The van der Waals surface area contributed by atoms with Crippen LogP contribution >= 0.6 is 11.3 Å². The molecule has 1 N–H and O–H groups in total. The normalized spacial score (nSPS) is 11.9. The molecule has 1 aromatic heterocycles. The van der Waals surface area contributed by atoms with Crippen molar-refractivity contribution in [3.05, 3.63) is 81.5 Å². The Morgan fingerprint density at radius 1 is 1.07 bits per heavy atom. The van der Waals surface area contributed by atoms with Crippen LogP contribution in [0.3, 0.4) is 0 Å². The fourth-order valence-corrected chi connectivity index (χ4v) is 4.56. The van der Waals surface area contributed by atoms with Gasteiger partial charge in [-0.2, -0.15) is 0 Å². The molecule has 1 unspecified atom stereocenters. The van der Waals surface area contributed by atoms with Crippen LogP contribution in [0, 0.1) is 6.92 Å². The SMILES string of the molecule is Cc1ccccc1N(c1cc(CCc2ccccc2)sc1C(=O)O)S(=O)[O-]. The second-order valence-electron chi connectivity index (χ2n) is 6.02. The van der Waals surface area contributed by atoms with E-state index in [1.54, 1.807) is 31.2 Å². The maximum absolute atomic E-state index is 12.0. The Labute approximate surface area is 164 Å². The molecule has 0 bridgehead atoms. The van der Waals surface area contributed by atoms with Crippen molar-refractivity contribution in [2.45, 2.75) is 19.8 Å². The minimum atomic E-state index is -2.64. The molecule has 0 fully saturated rings. The molecule has 0 spiro atoms. The maximum Gasteiger partial charge on any atom is 0.348 e. The average Bonchev–Trinajstić information content (AvgIpc) is 3.06. The van der Waals surface area contributed by atoms with Crippen molar-refractivity contribution < 1.29 is 18.7 Å². The first-order valence-electron chi connectivity index (χ1n) is 8.32. The minimum Gasteiger partial charge on any atom is -0.755 e. The number of aryl methyl sites for hydroxylation is 3. The molecule has 5 nitrogen and oxygen atoms in total. The molecule has 1 atom stereocenters. The van der Waals surface area contributed by atoms with Gasteiger partial charge in [0.1, 0.15) is 4.88 Å². The fourth-order valence-electron chi connectivity index (χ4n) is 2.85. The van der Waals surface area contributed by atoms with E-state index in [1.165, 1.54) is 0 Å². The standard InChI is InChI=1S/C20H19NO4S2/c1-14-7-5-6-10-17(14)21(27(24)25)18-13-16(26-19(18)20(22)23)12-11-15-8-3-2-4-9-15/h2-10,13H,11-12H2,1H3,(H,22,23)(H,24,25)/p-1. The molecule has 7 heteroatoms. The predicted octanol–water partition coefficient (Wildman–Crippen LogP) is 4.47. The zero-order chi connectivity index (χ0) is 19.4. The number of carboxylic acids is 1. The molecule has 27 heavy (non-hydrogen) atoms. The Morgan fingerprint density at radius 3 is 2.37 bits per heavy atom. The summed E-state index contributed by atoms with van der Waals surface area (Å²) in [6.07, 6.45) is 1.40. The van der Waals surface area contributed by atoms with E-state index < -0.39 is 17.2 Å². The van der Waals surface area contributed by atoms with Gasteiger partial charge in [-0.15, -0.1) is 11.3 Å². The molecular formula is C20H18NO4S2-. The van der Waals surface area contributed by atoms with Crippen molar-refractivity contribution in [1.29, 1.82) is 0 Å². The van der Waals surface area contributed by atoms with Crippen molar-refractivity contribution in [3.8, 4) is 0 Å². The number of benzene rings is 2. The number of aromatic carboxylic acids is 1. The fraction of sp³-hybridized carbons (Fsp3) is 0.150. The summed E-state index contributed by atoms with van der Waals surface area (Å²) in [7, 11) is 0. The Kier molecular flexibility index (Phi) is 6.05. The van der Waals surface area contributed by atoms with Crippen LogP contribution in [0.2, 0.25) is 0 Å². The van der Waals surface area contributed by atoms with Gasteiger partial charge in [-0.1, -0.05) is 48.5 Å². The van der Waals surface area contributed by atoms with Gasteiger partial charge >= 0.3 is 5.97 Å². The number of carbonyl (C=O) groups is 1. The predicted molar refractivity (Wildman–Crippen MR) is 107 cm³/mol. The Morgan fingerprint density at radius 2 is 1.74 bits per heavy atom. The zero-order valence-electron chi connectivity index (χ0n) is 14.6. The third kappa shape index (κ3) is 4.44. The summed E-state index contributed by atoms with van der Waals surface area (Å²) in [5, 5.41) is 9.59.